The van der Waals surface area contributed by atoms with Gasteiger partial charge in [-0.2, -0.15) is 0 Å². The van der Waals surface area contributed by atoms with E-state index in [-0.39, 0.29) is 11.4 Å². The number of aliphatic hydroxyl groups is 1. The van der Waals surface area contributed by atoms with Crippen molar-refractivity contribution in [1.82, 2.24) is 4.98 Å². The Hall–Kier alpha value is -1.94. The highest BCUT2D eigenvalue weighted by Gasteiger charge is 2.10. The average Bonchev–Trinajstić information content (AvgIpc) is 2.29. The Morgan fingerprint density at radius 2 is 1.81 bits per heavy atom. The molecule has 2 rings (SSSR count). The number of aromatic amines is 1. The van der Waals surface area contributed by atoms with Crippen LogP contribution < -0.4 is 5.56 Å². The van der Waals surface area contributed by atoms with Crippen LogP contribution in [-0.4, -0.2) is 10.1 Å². The van der Waals surface area contributed by atoms with Gasteiger partial charge in [0.1, 0.15) is 11.9 Å². The van der Waals surface area contributed by atoms with E-state index in [0.717, 1.165) is 0 Å². The van der Waals surface area contributed by atoms with Gasteiger partial charge in [0.25, 0.3) is 0 Å². The summed E-state index contributed by atoms with van der Waals surface area (Å²) in [7, 11) is 0. The molecule has 0 fully saturated rings. The molecule has 0 radical (unpaired) electrons. The van der Waals surface area contributed by atoms with Crippen LogP contribution in [0.4, 0.5) is 4.39 Å². The Labute approximate surface area is 91.2 Å². The second kappa shape index (κ2) is 4.28. The van der Waals surface area contributed by atoms with E-state index in [0.29, 0.717) is 11.3 Å². The summed E-state index contributed by atoms with van der Waals surface area (Å²) in [5.74, 6) is -0.363. The zero-order valence-electron chi connectivity index (χ0n) is 8.35. The van der Waals surface area contributed by atoms with Crippen LogP contribution in [0, 0.1) is 5.82 Å². The van der Waals surface area contributed by atoms with Gasteiger partial charge in [0.2, 0.25) is 5.56 Å². The molecule has 3 nitrogen and oxygen atoms in total. The van der Waals surface area contributed by atoms with Gasteiger partial charge in [-0.1, -0.05) is 18.2 Å². The highest BCUT2D eigenvalue weighted by Crippen LogP contribution is 2.19. The lowest BCUT2D eigenvalue weighted by molar-refractivity contribution is 0.215. The summed E-state index contributed by atoms with van der Waals surface area (Å²) in [6.07, 6.45) is -0.950. The molecular weight excluding hydrogens is 209 g/mol. The maximum atomic E-state index is 12.7. The molecule has 0 amide bonds. The van der Waals surface area contributed by atoms with Gasteiger partial charge >= 0.3 is 0 Å². The van der Waals surface area contributed by atoms with Crippen LogP contribution in [0.3, 0.4) is 0 Å². The number of aromatic nitrogens is 1. The van der Waals surface area contributed by atoms with Crippen LogP contribution >= 0.6 is 0 Å². The first-order chi connectivity index (χ1) is 7.66. The van der Waals surface area contributed by atoms with E-state index in [2.05, 4.69) is 4.98 Å². The second-order valence-corrected chi connectivity index (χ2v) is 3.42. The van der Waals surface area contributed by atoms with Gasteiger partial charge < -0.3 is 10.1 Å². The molecule has 0 aliphatic heterocycles. The topological polar surface area (TPSA) is 53.1 Å². The van der Waals surface area contributed by atoms with Crippen molar-refractivity contribution in [1.29, 1.82) is 0 Å². The molecule has 0 bridgehead atoms. The number of hydrogen-bond donors (Lipinski definition) is 2. The predicted octanol–water partition coefficient (Wildman–Crippen LogP) is 1.60. The summed E-state index contributed by atoms with van der Waals surface area (Å²) in [6, 6.07) is 10.0. The van der Waals surface area contributed by atoms with Crippen molar-refractivity contribution < 1.29 is 9.50 Å². The summed E-state index contributed by atoms with van der Waals surface area (Å²) in [6.45, 7) is 0. The number of rotatable bonds is 2. The van der Waals surface area contributed by atoms with Crippen molar-refractivity contribution >= 4 is 0 Å². The first kappa shape index (κ1) is 10.6. The maximum Gasteiger partial charge on any atom is 0.248 e. The van der Waals surface area contributed by atoms with Crippen molar-refractivity contribution in [3.05, 3.63) is 69.9 Å². The Morgan fingerprint density at radius 1 is 1.12 bits per heavy atom. The monoisotopic (exact) mass is 219 g/mol. The van der Waals surface area contributed by atoms with Gasteiger partial charge in [-0.15, -0.1) is 0 Å². The van der Waals surface area contributed by atoms with Gasteiger partial charge in [0.05, 0.1) is 5.69 Å². The number of pyridine rings is 1. The number of nitrogens with one attached hydrogen (secondary N) is 1. The Morgan fingerprint density at radius 3 is 2.44 bits per heavy atom. The summed E-state index contributed by atoms with van der Waals surface area (Å²) in [4.78, 5) is 13.6. The summed E-state index contributed by atoms with van der Waals surface area (Å²) in [5.41, 5.74) is 0.640. The molecule has 1 heterocycles. The van der Waals surface area contributed by atoms with Crippen molar-refractivity contribution in [3.63, 3.8) is 0 Å². The zero-order valence-corrected chi connectivity index (χ0v) is 8.35. The number of halogens is 1. The molecular formula is C12H10FNO2. The Kier molecular flexibility index (Phi) is 2.83. The highest BCUT2D eigenvalue weighted by molar-refractivity contribution is 5.25. The van der Waals surface area contributed by atoms with Gasteiger partial charge in [0.15, 0.2) is 0 Å². The van der Waals surface area contributed by atoms with Crippen molar-refractivity contribution in [3.8, 4) is 0 Å². The van der Waals surface area contributed by atoms with E-state index in [1.807, 2.05) is 0 Å². The third-order valence-corrected chi connectivity index (χ3v) is 2.27. The van der Waals surface area contributed by atoms with E-state index in [1.165, 1.54) is 30.3 Å². The molecule has 2 aromatic rings. The Bertz CT molecular complexity index is 533. The fourth-order valence-corrected chi connectivity index (χ4v) is 1.45. The van der Waals surface area contributed by atoms with E-state index in [9.17, 15) is 14.3 Å². The SMILES string of the molecule is O=c1cccc([C@H](O)c2ccc(F)cc2)[nH]1. The summed E-state index contributed by atoms with van der Waals surface area (Å²) in [5, 5.41) is 9.91. The minimum Gasteiger partial charge on any atom is -0.382 e. The molecule has 2 N–H and O–H groups in total. The number of hydrogen-bond acceptors (Lipinski definition) is 2. The molecule has 0 spiro atoms. The van der Waals surface area contributed by atoms with Crippen LogP contribution in [-0.2, 0) is 0 Å². The quantitative estimate of drug-likeness (QED) is 0.806. The number of aliphatic hydroxyl groups excluding tert-OH is 1. The van der Waals surface area contributed by atoms with Crippen molar-refractivity contribution in [2.75, 3.05) is 0 Å². The standard InChI is InChI=1S/C12H10FNO2/c13-9-6-4-8(5-7-9)12(16)10-2-1-3-11(15)14-10/h1-7,12,16H,(H,14,15)/t12-/m1/s1. The molecule has 1 aromatic carbocycles. The molecule has 0 aliphatic carbocycles. The average molecular weight is 219 g/mol. The summed E-state index contributed by atoms with van der Waals surface area (Å²) < 4.78 is 12.7. The van der Waals surface area contributed by atoms with Crippen LogP contribution in [0.5, 0.6) is 0 Å². The minimum atomic E-state index is -0.950. The van der Waals surface area contributed by atoms with Crippen molar-refractivity contribution in [2.24, 2.45) is 0 Å². The smallest absolute Gasteiger partial charge is 0.248 e. The highest BCUT2D eigenvalue weighted by atomic mass is 19.1. The molecule has 0 unspecified atom stereocenters. The minimum absolute atomic E-state index is 0.279. The molecule has 1 atom stereocenters. The first-order valence-electron chi connectivity index (χ1n) is 4.79. The van der Waals surface area contributed by atoms with Gasteiger partial charge in [-0.25, -0.2) is 4.39 Å². The molecule has 82 valence electrons. The van der Waals surface area contributed by atoms with Crippen LogP contribution in [0.2, 0.25) is 0 Å². The lowest BCUT2D eigenvalue weighted by Crippen LogP contribution is -2.10. The van der Waals surface area contributed by atoms with Gasteiger partial charge in [-0.3, -0.25) is 4.79 Å². The molecule has 0 saturated carbocycles. The largest absolute Gasteiger partial charge is 0.382 e. The molecule has 1 aromatic heterocycles. The van der Waals surface area contributed by atoms with Crippen LogP contribution in [0.15, 0.2) is 47.3 Å². The van der Waals surface area contributed by atoms with E-state index in [4.69, 9.17) is 0 Å². The maximum absolute atomic E-state index is 12.7. The van der Waals surface area contributed by atoms with Crippen molar-refractivity contribution in [2.45, 2.75) is 6.10 Å². The normalized spacial score (nSPS) is 12.4. The van der Waals surface area contributed by atoms with Gasteiger partial charge in [-0.05, 0) is 23.8 Å². The Balaban J connectivity index is 2.35. The van der Waals surface area contributed by atoms with Crippen LogP contribution in [0.1, 0.15) is 17.4 Å². The summed E-state index contributed by atoms with van der Waals surface area (Å²) >= 11 is 0. The lowest BCUT2D eigenvalue weighted by atomic mass is 10.1. The fourth-order valence-electron chi connectivity index (χ4n) is 1.45. The third-order valence-electron chi connectivity index (χ3n) is 2.27. The lowest BCUT2D eigenvalue weighted by Gasteiger charge is -2.10. The molecule has 0 aliphatic rings. The second-order valence-electron chi connectivity index (χ2n) is 3.42. The van der Waals surface area contributed by atoms with Gasteiger partial charge in [0, 0.05) is 6.07 Å². The first-order valence-corrected chi connectivity index (χ1v) is 4.79. The number of H-pyrrole nitrogens is 1. The van der Waals surface area contributed by atoms with E-state index >= 15 is 0 Å². The number of benzene rings is 1. The zero-order chi connectivity index (χ0) is 11.5. The molecule has 0 saturated heterocycles. The third kappa shape index (κ3) is 2.17. The fraction of sp³-hybridized carbons (Fsp3) is 0.0833. The van der Waals surface area contributed by atoms with Crippen LogP contribution in [0.25, 0.3) is 0 Å². The molecule has 16 heavy (non-hydrogen) atoms. The molecule has 4 heteroatoms. The van der Waals surface area contributed by atoms with E-state index < -0.39 is 6.10 Å². The van der Waals surface area contributed by atoms with E-state index in [1.54, 1.807) is 12.1 Å². The predicted molar refractivity (Wildman–Crippen MR) is 57.5 cm³/mol.